The van der Waals surface area contributed by atoms with Crippen LogP contribution < -0.4 is 9.47 Å². The molecule has 2 aromatic carbocycles. The highest BCUT2D eigenvalue weighted by Gasteiger charge is 2.34. The minimum absolute atomic E-state index is 0.122. The number of thioether (sulfide) groups is 1. The molecule has 0 N–H and O–H groups in total. The van der Waals surface area contributed by atoms with Crippen molar-refractivity contribution >= 4 is 68.1 Å². The molecule has 1 heterocycles. The van der Waals surface area contributed by atoms with Gasteiger partial charge in [0.1, 0.15) is 0 Å². The van der Waals surface area contributed by atoms with Crippen LogP contribution in [-0.4, -0.2) is 49.3 Å². The topological polar surface area (TPSA) is 77.4 Å². The van der Waals surface area contributed by atoms with E-state index in [-0.39, 0.29) is 18.4 Å². The molecule has 2 aromatic rings. The van der Waals surface area contributed by atoms with E-state index < -0.39 is 5.97 Å². The molecule has 0 saturated carbocycles. The Kier molecular flexibility index (Phi) is 9.04. The maximum absolute atomic E-state index is 13.3. The highest BCUT2D eigenvalue weighted by molar-refractivity contribution is 9.10. The zero-order valence-electron chi connectivity index (χ0n) is 19.1. The summed E-state index contributed by atoms with van der Waals surface area (Å²) in [6.45, 7) is 4.39. The number of rotatable bonds is 8. The highest BCUT2D eigenvalue weighted by Crippen LogP contribution is 2.39. The summed E-state index contributed by atoms with van der Waals surface area (Å²) < 4.78 is 16.2. The lowest BCUT2D eigenvalue weighted by Crippen LogP contribution is -2.32. The fraction of sp³-hybridized carbons (Fsp3) is 0.292. The van der Waals surface area contributed by atoms with E-state index >= 15 is 0 Å². The summed E-state index contributed by atoms with van der Waals surface area (Å²) >= 11 is 10.8. The number of amidine groups is 1. The lowest BCUT2D eigenvalue weighted by molar-refractivity contribution is -0.142. The van der Waals surface area contributed by atoms with Gasteiger partial charge in [-0.15, -0.1) is 0 Å². The van der Waals surface area contributed by atoms with Gasteiger partial charge in [-0.1, -0.05) is 41.4 Å². The summed E-state index contributed by atoms with van der Waals surface area (Å²) in [7, 11) is 2.79. The lowest BCUT2D eigenvalue weighted by Gasteiger charge is -2.17. The van der Waals surface area contributed by atoms with E-state index in [0.717, 1.165) is 5.56 Å². The first-order valence-electron chi connectivity index (χ1n) is 10.3. The Balaban J connectivity index is 1.94. The number of hydrogen-bond acceptors (Lipinski definition) is 7. The molecule has 0 bridgehead atoms. The molecule has 0 unspecified atom stereocenters. The van der Waals surface area contributed by atoms with E-state index in [1.807, 2.05) is 26.0 Å². The second-order valence-corrected chi connectivity index (χ2v) is 9.98. The van der Waals surface area contributed by atoms with Gasteiger partial charge in [0.25, 0.3) is 5.91 Å². The van der Waals surface area contributed by atoms with Gasteiger partial charge in [-0.2, -0.15) is 0 Å². The van der Waals surface area contributed by atoms with Gasteiger partial charge in [0.05, 0.1) is 24.8 Å². The monoisotopic (exact) mass is 566 g/mol. The maximum Gasteiger partial charge on any atom is 0.343 e. The minimum Gasteiger partial charge on any atom is -0.493 e. The Morgan fingerprint density at radius 1 is 1.21 bits per heavy atom. The fourth-order valence-electron chi connectivity index (χ4n) is 3.01. The van der Waals surface area contributed by atoms with Crippen molar-refractivity contribution in [1.29, 1.82) is 0 Å². The van der Waals surface area contributed by atoms with Crippen molar-refractivity contribution in [1.82, 2.24) is 4.90 Å². The first-order valence-corrected chi connectivity index (χ1v) is 12.3. The molecule has 0 aliphatic carbocycles. The van der Waals surface area contributed by atoms with Crippen molar-refractivity contribution in [3.63, 3.8) is 0 Å². The normalized spacial score (nSPS) is 16.0. The molecule has 34 heavy (non-hydrogen) atoms. The van der Waals surface area contributed by atoms with Gasteiger partial charge in [-0.05, 0) is 65.7 Å². The molecule has 10 heteroatoms. The average Bonchev–Trinajstić information content (AvgIpc) is 3.08. The van der Waals surface area contributed by atoms with Gasteiger partial charge in [0, 0.05) is 16.0 Å². The summed E-state index contributed by atoms with van der Waals surface area (Å²) in [6.07, 6.45) is 1.78. The molecule has 0 radical (unpaired) electrons. The number of carbonyl (C=O) groups excluding carboxylic acids is 2. The zero-order valence-corrected chi connectivity index (χ0v) is 22.3. The van der Waals surface area contributed by atoms with Crippen LogP contribution in [0, 0.1) is 5.92 Å². The third-order valence-corrected chi connectivity index (χ3v) is 6.58. The van der Waals surface area contributed by atoms with Gasteiger partial charge < -0.3 is 14.2 Å². The van der Waals surface area contributed by atoms with Gasteiger partial charge in [0.15, 0.2) is 23.3 Å². The molecular formula is C24H24BrClN2O5S. The highest BCUT2D eigenvalue weighted by atomic mass is 79.9. The smallest absolute Gasteiger partial charge is 0.343 e. The van der Waals surface area contributed by atoms with Crippen LogP contribution in [-0.2, 0) is 14.3 Å². The molecule has 7 nitrogen and oxygen atoms in total. The molecule has 0 atom stereocenters. The number of nitrogens with zero attached hydrogens (tertiary/aromatic N) is 2. The van der Waals surface area contributed by atoms with E-state index in [9.17, 15) is 9.59 Å². The van der Waals surface area contributed by atoms with Crippen LogP contribution in [0.1, 0.15) is 19.4 Å². The van der Waals surface area contributed by atoms with E-state index in [1.165, 1.54) is 26.0 Å². The van der Waals surface area contributed by atoms with E-state index in [1.54, 1.807) is 35.2 Å². The molecule has 1 aliphatic rings. The Morgan fingerprint density at radius 3 is 2.53 bits per heavy atom. The molecule has 1 saturated heterocycles. The third kappa shape index (κ3) is 6.55. The number of ether oxygens (including phenoxy) is 3. The standard InChI is InChI=1S/C24H24BrClN2O5S/c1-14(2)12-28-23(30)21(34-24(28)27-17-7-5-16(26)6-8-17)10-15-9-19(31-3)20(11-18(15)25)33-13-22(29)32-4/h5-11,14H,12-13H2,1-4H3/b21-10-,27-24?. The quantitative estimate of drug-likeness (QED) is 0.291. The second kappa shape index (κ2) is 11.8. The largest absolute Gasteiger partial charge is 0.493 e. The molecule has 1 amide bonds. The van der Waals surface area contributed by atoms with Crippen LogP contribution in [0.25, 0.3) is 6.08 Å². The van der Waals surface area contributed by atoms with Crippen LogP contribution in [0.3, 0.4) is 0 Å². The molecular weight excluding hydrogens is 544 g/mol. The van der Waals surface area contributed by atoms with Crippen molar-refractivity contribution in [2.45, 2.75) is 13.8 Å². The summed E-state index contributed by atoms with van der Waals surface area (Å²) in [6, 6.07) is 10.6. The van der Waals surface area contributed by atoms with Crippen molar-refractivity contribution in [2.75, 3.05) is 27.4 Å². The Morgan fingerprint density at radius 2 is 1.91 bits per heavy atom. The Hall–Kier alpha value is -2.49. The summed E-state index contributed by atoms with van der Waals surface area (Å²) in [5.74, 6) is 0.429. The predicted octanol–water partition coefficient (Wildman–Crippen LogP) is 5.92. The SMILES string of the molecule is COC(=O)COc1cc(Br)c(/C=C2\SC(=Nc3ccc(Cl)cc3)N(CC(C)C)C2=O)cc1OC. The van der Waals surface area contributed by atoms with Gasteiger partial charge in [-0.25, -0.2) is 9.79 Å². The number of hydrogen-bond donors (Lipinski definition) is 0. The lowest BCUT2D eigenvalue weighted by atomic mass is 10.1. The average molecular weight is 568 g/mol. The summed E-state index contributed by atoms with van der Waals surface area (Å²) in [4.78, 5) is 31.6. The molecule has 3 rings (SSSR count). The number of amides is 1. The van der Waals surface area contributed by atoms with Gasteiger partial charge >= 0.3 is 5.97 Å². The molecule has 1 fully saturated rings. The van der Waals surface area contributed by atoms with Crippen LogP contribution >= 0.6 is 39.3 Å². The van der Waals surface area contributed by atoms with E-state index in [4.69, 9.17) is 21.1 Å². The maximum atomic E-state index is 13.3. The minimum atomic E-state index is -0.505. The van der Waals surface area contributed by atoms with Crippen LogP contribution in [0.2, 0.25) is 5.02 Å². The number of benzene rings is 2. The van der Waals surface area contributed by atoms with E-state index in [2.05, 4.69) is 25.7 Å². The molecule has 1 aliphatic heterocycles. The fourth-order valence-corrected chi connectivity index (χ4v) is 4.58. The van der Waals surface area contributed by atoms with Crippen molar-refractivity contribution in [2.24, 2.45) is 10.9 Å². The predicted molar refractivity (Wildman–Crippen MR) is 139 cm³/mol. The van der Waals surface area contributed by atoms with Crippen LogP contribution in [0.5, 0.6) is 11.5 Å². The van der Waals surface area contributed by atoms with Gasteiger partial charge in [0.2, 0.25) is 0 Å². The number of halogens is 2. The number of methoxy groups -OCH3 is 2. The van der Waals surface area contributed by atoms with Crippen molar-refractivity contribution in [3.8, 4) is 11.5 Å². The second-order valence-electron chi connectivity index (χ2n) is 7.68. The number of carbonyl (C=O) groups is 2. The Labute approximate surface area is 216 Å². The van der Waals surface area contributed by atoms with Gasteiger partial charge in [-0.3, -0.25) is 9.69 Å². The molecule has 0 aromatic heterocycles. The van der Waals surface area contributed by atoms with Crippen LogP contribution in [0.15, 0.2) is 50.8 Å². The van der Waals surface area contributed by atoms with Crippen LogP contribution in [0.4, 0.5) is 5.69 Å². The third-order valence-electron chi connectivity index (χ3n) is 4.63. The summed E-state index contributed by atoms with van der Waals surface area (Å²) in [5, 5.41) is 1.23. The number of esters is 1. The number of aliphatic imine (C=N–C) groups is 1. The first kappa shape index (κ1) is 26.1. The zero-order chi connectivity index (χ0) is 24.8. The van der Waals surface area contributed by atoms with E-state index in [0.29, 0.717) is 43.3 Å². The summed E-state index contributed by atoms with van der Waals surface area (Å²) in [5.41, 5.74) is 1.43. The Bertz CT molecular complexity index is 1130. The van der Waals surface area contributed by atoms with Crippen molar-refractivity contribution in [3.05, 3.63) is 56.4 Å². The molecule has 0 spiro atoms. The molecule has 180 valence electrons. The van der Waals surface area contributed by atoms with Crippen molar-refractivity contribution < 1.29 is 23.8 Å². The first-order chi connectivity index (χ1) is 16.2.